The van der Waals surface area contributed by atoms with Crippen LogP contribution in [0.3, 0.4) is 0 Å². The molecule has 0 aromatic heterocycles. The van der Waals surface area contributed by atoms with Crippen LogP contribution < -0.4 is 33.8 Å². The first-order chi connectivity index (χ1) is 17.5. The summed E-state index contributed by atoms with van der Waals surface area (Å²) in [6.07, 6.45) is 0.512. The van der Waals surface area contributed by atoms with Gasteiger partial charge in [-0.05, 0) is 36.4 Å². The predicted octanol–water partition coefficient (Wildman–Crippen LogP) is 3.22. The van der Waals surface area contributed by atoms with Crippen molar-refractivity contribution in [1.29, 1.82) is 0 Å². The minimum atomic E-state index is -0.856. The Morgan fingerprint density at radius 2 is 1.58 bits per heavy atom. The highest BCUT2D eigenvalue weighted by Crippen LogP contribution is 2.38. The molecular weight excluding hydrogens is 468 g/mol. The van der Waals surface area contributed by atoms with E-state index in [4.69, 9.17) is 28.4 Å². The van der Waals surface area contributed by atoms with Gasteiger partial charge in [0, 0.05) is 5.56 Å². The molecule has 0 unspecified atom stereocenters. The van der Waals surface area contributed by atoms with Crippen LogP contribution in [0.2, 0.25) is 0 Å². The van der Waals surface area contributed by atoms with Crippen LogP contribution in [0.4, 0.5) is 0 Å². The van der Waals surface area contributed by atoms with E-state index in [2.05, 4.69) is 10.5 Å². The van der Waals surface area contributed by atoms with Crippen molar-refractivity contribution >= 4 is 18.1 Å². The zero-order valence-electron chi connectivity index (χ0n) is 19.8. The number of hydrazone groups is 1. The molecule has 1 N–H and O–H groups in total. The van der Waals surface area contributed by atoms with E-state index in [1.165, 1.54) is 39.7 Å². The minimum Gasteiger partial charge on any atom is -0.493 e. The van der Waals surface area contributed by atoms with Gasteiger partial charge in [0.05, 0.1) is 33.1 Å². The maximum Gasteiger partial charge on any atom is 0.343 e. The van der Waals surface area contributed by atoms with Crippen molar-refractivity contribution in [3.8, 4) is 34.5 Å². The highest BCUT2D eigenvalue weighted by molar-refractivity contribution is 5.94. The summed E-state index contributed by atoms with van der Waals surface area (Å²) in [5.74, 6) is 1.16. The number of hydrogen-bond acceptors (Lipinski definition) is 9. The number of esters is 1. The number of fused-ring (bicyclic) bond motifs is 1. The third-order valence-corrected chi connectivity index (χ3v) is 5.20. The topological polar surface area (TPSA) is 114 Å². The zero-order valence-corrected chi connectivity index (χ0v) is 19.8. The molecule has 0 radical (unpaired) electrons. The Labute approximate surface area is 207 Å². The first-order valence-corrected chi connectivity index (χ1v) is 10.9. The molecule has 1 amide bonds. The van der Waals surface area contributed by atoms with Crippen LogP contribution in [0.5, 0.6) is 34.5 Å². The lowest BCUT2D eigenvalue weighted by molar-refractivity contribution is -0.130. The monoisotopic (exact) mass is 492 g/mol. The molecule has 3 aromatic carbocycles. The van der Waals surface area contributed by atoms with Crippen LogP contribution in [0.25, 0.3) is 0 Å². The van der Waals surface area contributed by atoms with E-state index in [1.54, 1.807) is 42.5 Å². The second-order valence-corrected chi connectivity index (χ2v) is 7.44. The minimum absolute atomic E-state index is 0.0569. The summed E-state index contributed by atoms with van der Waals surface area (Å²) in [4.78, 5) is 25.3. The molecule has 0 spiro atoms. The molecule has 0 fully saturated rings. The van der Waals surface area contributed by atoms with E-state index in [1.807, 2.05) is 6.07 Å². The molecular formula is C26H24N2O8. The number of rotatable bonds is 8. The highest BCUT2D eigenvalue weighted by Gasteiger charge is 2.27. The molecule has 3 aromatic rings. The van der Waals surface area contributed by atoms with Gasteiger partial charge in [-0.25, -0.2) is 10.2 Å². The number of ether oxygens (including phenoxy) is 6. The summed E-state index contributed by atoms with van der Waals surface area (Å²) in [6.45, 7) is 0.0569. The number of nitrogens with one attached hydrogen (secondary N) is 1. The molecule has 0 aliphatic carbocycles. The van der Waals surface area contributed by atoms with E-state index in [9.17, 15) is 9.59 Å². The van der Waals surface area contributed by atoms with Crippen LogP contribution in [0.15, 0.2) is 65.8 Å². The summed E-state index contributed by atoms with van der Waals surface area (Å²) < 4.78 is 32.7. The van der Waals surface area contributed by atoms with Crippen molar-refractivity contribution in [2.24, 2.45) is 5.10 Å². The summed E-state index contributed by atoms with van der Waals surface area (Å²) in [5.41, 5.74) is 3.08. The Bertz CT molecular complexity index is 1270. The number of benzene rings is 3. The molecule has 1 atom stereocenters. The van der Waals surface area contributed by atoms with E-state index >= 15 is 0 Å². The SMILES string of the molecule is COc1cc(C(=O)Oc2ccccc2C=NNC(=O)[C@@H]2COc3ccccc3O2)cc(OC)c1OC. The largest absolute Gasteiger partial charge is 0.493 e. The second-order valence-electron chi connectivity index (χ2n) is 7.44. The van der Waals surface area contributed by atoms with Gasteiger partial charge in [0.1, 0.15) is 12.4 Å². The van der Waals surface area contributed by atoms with Crippen molar-refractivity contribution in [1.82, 2.24) is 5.43 Å². The van der Waals surface area contributed by atoms with Gasteiger partial charge in [-0.2, -0.15) is 5.10 Å². The normalized spacial score (nSPS) is 14.1. The van der Waals surface area contributed by atoms with Gasteiger partial charge in [0.15, 0.2) is 23.0 Å². The quantitative estimate of drug-likeness (QED) is 0.221. The Kier molecular flexibility index (Phi) is 7.54. The predicted molar refractivity (Wildman–Crippen MR) is 130 cm³/mol. The van der Waals surface area contributed by atoms with Crippen molar-refractivity contribution in [3.05, 3.63) is 71.8 Å². The van der Waals surface area contributed by atoms with E-state index in [0.29, 0.717) is 34.3 Å². The molecule has 186 valence electrons. The van der Waals surface area contributed by atoms with E-state index in [0.717, 1.165) is 0 Å². The van der Waals surface area contributed by atoms with Gasteiger partial charge >= 0.3 is 5.97 Å². The molecule has 4 rings (SSSR count). The van der Waals surface area contributed by atoms with Crippen molar-refractivity contribution in [2.45, 2.75) is 6.10 Å². The molecule has 1 aliphatic heterocycles. The molecule has 1 heterocycles. The lowest BCUT2D eigenvalue weighted by atomic mass is 10.1. The van der Waals surface area contributed by atoms with Crippen LogP contribution in [-0.2, 0) is 4.79 Å². The van der Waals surface area contributed by atoms with Crippen molar-refractivity contribution in [3.63, 3.8) is 0 Å². The van der Waals surface area contributed by atoms with Crippen LogP contribution in [0.1, 0.15) is 15.9 Å². The van der Waals surface area contributed by atoms with Crippen molar-refractivity contribution in [2.75, 3.05) is 27.9 Å². The number of hydrogen-bond donors (Lipinski definition) is 1. The molecule has 1 aliphatic rings. The second kappa shape index (κ2) is 11.1. The molecule has 10 nitrogen and oxygen atoms in total. The third kappa shape index (κ3) is 5.33. The number of carbonyl (C=O) groups excluding carboxylic acids is 2. The lowest BCUT2D eigenvalue weighted by Gasteiger charge is -2.24. The molecule has 0 saturated carbocycles. The Hall–Kier alpha value is -4.73. The summed E-state index contributed by atoms with van der Waals surface area (Å²) in [7, 11) is 4.38. The number of para-hydroxylation sites is 3. The average Bonchev–Trinajstić information content (AvgIpc) is 2.92. The number of carbonyl (C=O) groups is 2. The Morgan fingerprint density at radius 1 is 0.917 bits per heavy atom. The zero-order chi connectivity index (χ0) is 25.5. The average molecular weight is 492 g/mol. The Balaban J connectivity index is 1.44. The molecule has 36 heavy (non-hydrogen) atoms. The fourth-order valence-corrected chi connectivity index (χ4v) is 3.42. The van der Waals surface area contributed by atoms with E-state index in [-0.39, 0.29) is 17.9 Å². The summed E-state index contributed by atoms with van der Waals surface area (Å²) in [6, 6.07) is 16.8. The lowest BCUT2D eigenvalue weighted by Crippen LogP contribution is -2.42. The fourth-order valence-electron chi connectivity index (χ4n) is 3.42. The van der Waals surface area contributed by atoms with Gasteiger partial charge in [-0.1, -0.05) is 24.3 Å². The van der Waals surface area contributed by atoms with Gasteiger partial charge < -0.3 is 28.4 Å². The maximum atomic E-state index is 12.9. The number of nitrogens with zero attached hydrogens (tertiary/aromatic N) is 1. The molecule has 0 saturated heterocycles. The molecule has 10 heteroatoms. The highest BCUT2D eigenvalue weighted by atomic mass is 16.6. The van der Waals surface area contributed by atoms with Crippen molar-refractivity contribution < 1.29 is 38.0 Å². The number of amides is 1. The van der Waals surface area contributed by atoms with Gasteiger partial charge in [-0.3, -0.25) is 4.79 Å². The fraction of sp³-hybridized carbons (Fsp3) is 0.192. The first-order valence-electron chi connectivity index (χ1n) is 10.9. The standard InChI is InChI=1S/C26H24N2O8/c1-31-21-12-17(13-22(32-2)24(21)33-3)26(30)36-18-9-5-4-8-16(18)14-27-28-25(29)23-15-34-19-10-6-7-11-20(19)35-23/h4-14,23H,15H2,1-3H3,(H,28,29)/t23-/m0/s1. The smallest absolute Gasteiger partial charge is 0.343 e. The van der Waals surface area contributed by atoms with Gasteiger partial charge in [0.25, 0.3) is 5.91 Å². The van der Waals surface area contributed by atoms with Crippen LogP contribution in [-0.4, -0.2) is 52.1 Å². The summed E-state index contributed by atoms with van der Waals surface area (Å²) >= 11 is 0. The van der Waals surface area contributed by atoms with E-state index < -0.39 is 18.0 Å². The number of methoxy groups -OCH3 is 3. The van der Waals surface area contributed by atoms with Gasteiger partial charge in [0.2, 0.25) is 11.9 Å². The third-order valence-electron chi connectivity index (χ3n) is 5.20. The first kappa shape index (κ1) is 24.4. The Morgan fingerprint density at radius 3 is 2.28 bits per heavy atom. The van der Waals surface area contributed by atoms with Crippen LogP contribution >= 0.6 is 0 Å². The maximum absolute atomic E-state index is 12.9. The van der Waals surface area contributed by atoms with Crippen LogP contribution in [0, 0.1) is 0 Å². The summed E-state index contributed by atoms with van der Waals surface area (Å²) in [5, 5.41) is 3.98. The van der Waals surface area contributed by atoms with Gasteiger partial charge in [-0.15, -0.1) is 0 Å². The molecule has 0 bridgehead atoms.